The maximum absolute atomic E-state index is 11.6. The van der Waals surface area contributed by atoms with Crippen molar-refractivity contribution in [2.45, 2.75) is 47.5 Å². The molecule has 0 aromatic rings. The summed E-state index contributed by atoms with van der Waals surface area (Å²) in [6.07, 6.45) is 1.50. The van der Waals surface area contributed by atoms with Crippen LogP contribution in [0.1, 0.15) is 47.5 Å². The van der Waals surface area contributed by atoms with E-state index in [1.165, 1.54) is 0 Å². The molecule has 0 spiro atoms. The van der Waals surface area contributed by atoms with E-state index in [-0.39, 0.29) is 17.3 Å². The monoisotopic (exact) mass is 240 g/mol. The van der Waals surface area contributed by atoms with Gasteiger partial charge in [-0.3, -0.25) is 10.0 Å². The predicted molar refractivity (Wildman–Crippen MR) is 66.0 cm³/mol. The minimum atomic E-state index is -0.460. The van der Waals surface area contributed by atoms with Gasteiger partial charge in [-0.05, 0) is 17.8 Å². The van der Waals surface area contributed by atoms with Crippen molar-refractivity contribution < 1.29 is 10.0 Å². The van der Waals surface area contributed by atoms with E-state index >= 15 is 0 Å². The Labute approximate surface area is 104 Å². The first kappa shape index (κ1) is 15.9. The van der Waals surface area contributed by atoms with Gasteiger partial charge in [-0.1, -0.05) is 41.0 Å². The molecule has 3 unspecified atom stereocenters. The lowest BCUT2D eigenvalue weighted by molar-refractivity contribution is -0.135. The fourth-order valence-corrected chi connectivity index (χ4v) is 2.04. The molecule has 1 amide bonds. The van der Waals surface area contributed by atoms with Gasteiger partial charge < -0.3 is 0 Å². The van der Waals surface area contributed by atoms with Crippen LogP contribution in [0.15, 0.2) is 0 Å². The second-order valence-corrected chi connectivity index (χ2v) is 5.28. The molecular formula is C13H24N2O2. The average Bonchev–Trinajstić information content (AvgIpc) is 2.33. The van der Waals surface area contributed by atoms with E-state index in [0.29, 0.717) is 6.42 Å². The Hall–Kier alpha value is -1.08. The molecule has 98 valence electrons. The van der Waals surface area contributed by atoms with Crippen molar-refractivity contribution in [1.29, 1.82) is 5.26 Å². The maximum Gasteiger partial charge on any atom is 0.247 e. The first-order chi connectivity index (χ1) is 7.85. The molecule has 0 aliphatic heterocycles. The van der Waals surface area contributed by atoms with Gasteiger partial charge >= 0.3 is 0 Å². The second-order valence-electron chi connectivity index (χ2n) is 5.28. The molecule has 0 aromatic carbocycles. The van der Waals surface area contributed by atoms with E-state index < -0.39 is 11.8 Å². The van der Waals surface area contributed by atoms with Gasteiger partial charge in [0.25, 0.3) is 0 Å². The summed E-state index contributed by atoms with van der Waals surface area (Å²) >= 11 is 0. The molecule has 3 atom stereocenters. The number of amides is 1. The number of hydrogen-bond acceptors (Lipinski definition) is 3. The van der Waals surface area contributed by atoms with Gasteiger partial charge in [-0.2, -0.15) is 5.26 Å². The van der Waals surface area contributed by atoms with E-state index in [1.54, 1.807) is 5.48 Å². The van der Waals surface area contributed by atoms with Crippen LogP contribution in [-0.4, -0.2) is 11.1 Å². The third kappa shape index (κ3) is 3.71. The van der Waals surface area contributed by atoms with Crippen LogP contribution in [0.25, 0.3) is 0 Å². The summed E-state index contributed by atoms with van der Waals surface area (Å²) in [5.74, 6) is -1.19. The number of hydroxylamine groups is 1. The minimum Gasteiger partial charge on any atom is -0.289 e. The fraction of sp³-hybridized carbons (Fsp3) is 0.846. The van der Waals surface area contributed by atoms with Crippen LogP contribution in [0.3, 0.4) is 0 Å². The lowest BCUT2D eigenvalue weighted by Gasteiger charge is -2.36. The van der Waals surface area contributed by atoms with Gasteiger partial charge in [0, 0.05) is 0 Å². The Morgan fingerprint density at radius 1 is 1.47 bits per heavy atom. The SMILES string of the molecule is CCC(C(=O)NO)C(C#N)C(C)C(C)(C)CC. The van der Waals surface area contributed by atoms with Crippen molar-refractivity contribution in [3.8, 4) is 6.07 Å². The average molecular weight is 240 g/mol. The molecule has 0 saturated carbocycles. The molecule has 4 nitrogen and oxygen atoms in total. The van der Waals surface area contributed by atoms with Gasteiger partial charge in [0.05, 0.1) is 17.9 Å². The van der Waals surface area contributed by atoms with Crippen molar-refractivity contribution >= 4 is 5.91 Å². The lowest BCUT2D eigenvalue weighted by Crippen LogP contribution is -2.38. The quantitative estimate of drug-likeness (QED) is 0.554. The number of nitriles is 1. The Bertz CT molecular complexity index is 294. The first-order valence-corrected chi connectivity index (χ1v) is 6.19. The predicted octanol–water partition coefficient (Wildman–Crippen LogP) is 2.73. The zero-order chi connectivity index (χ0) is 13.6. The van der Waals surface area contributed by atoms with Gasteiger partial charge in [0.15, 0.2) is 0 Å². The summed E-state index contributed by atoms with van der Waals surface area (Å²) in [5, 5.41) is 18.0. The van der Waals surface area contributed by atoms with Crippen LogP contribution < -0.4 is 5.48 Å². The summed E-state index contributed by atoms with van der Waals surface area (Å²) < 4.78 is 0. The molecule has 0 aliphatic carbocycles. The van der Waals surface area contributed by atoms with E-state index in [9.17, 15) is 10.1 Å². The van der Waals surface area contributed by atoms with Crippen molar-refractivity contribution in [3.05, 3.63) is 0 Å². The van der Waals surface area contributed by atoms with Crippen LogP contribution in [0.4, 0.5) is 0 Å². The number of hydrogen-bond donors (Lipinski definition) is 2. The standard InChI is InChI=1S/C13H24N2O2/c1-6-10(12(16)15-17)11(8-14)9(3)13(4,5)7-2/h9-11,17H,6-7H2,1-5H3,(H,15,16). The van der Waals surface area contributed by atoms with E-state index in [2.05, 4.69) is 26.8 Å². The van der Waals surface area contributed by atoms with Gasteiger partial charge in [-0.25, -0.2) is 5.48 Å². The molecule has 0 aliphatic rings. The Morgan fingerprint density at radius 3 is 2.29 bits per heavy atom. The zero-order valence-corrected chi connectivity index (χ0v) is 11.4. The molecule has 0 bridgehead atoms. The number of rotatable bonds is 6. The largest absolute Gasteiger partial charge is 0.289 e. The molecule has 2 N–H and O–H groups in total. The lowest BCUT2D eigenvalue weighted by atomic mass is 9.67. The summed E-state index contributed by atoms with van der Waals surface area (Å²) in [5.41, 5.74) is 1.67. The molecule has 0 rings (SSSR count). The van der Waals surface area contributed by atoms with Crippen LogP contribution >= 0.6 is 0 Å². The van der Waals surface area contributed by atoms with Crippen molar-refractivity contribution in [3.63, 3.8) is 0 Å². The summed E-state index contributed by atoms with van der Waals surface area (Å²) in [6, 6.07) is 2.24. The molecule has 0 radical (unpaired) electrons. The van der Waals surface area contributed by atoms with Crippen LogP contribution in [0.2, 0.25) is 0 Å². The summed E-state index contributed by atoms with van der Waals surface area (Å²) in [4.78, 5) is 11.6. The van der Waals surface area contributed by atoms with Crippen molar-refractivity contribution in [2.24, 2.45) is 23.2 Å². The third-order valence-electron chi connectivity index (χ3n) is 4.15. The topological polar surface area (TPSA) is 73.1 Å². The minimum absolute atomic E-state index is 0.00352. The highest BCUT2D eigenvalue weighted by atomic mass is 16.5. The van der Waals surface area contributed by atoms with Crippen molar-refractivity contribution in [1.82, 2.24) is 5.48 Å². The summed E-state index contributed by atoms with van der Waals surface area (Å²) in [7, 11) is 0. The third-order valence-corrected chi connectivity index (χ3v) is 4.15. The Kier molecular flexibility index (Phi) is 6.19. The number of nitrogens with zero attached hydrogens (tertiary/aromatic N) is 1. The molecule has 4 heteroatoms. The van der Waals surface area contributed by atoms with E-state index in [1.807, 2.05) is 13.8 Å². The highest BCUT2D eigenvalue weighted by molar-refractivity contribution is 5.78. The number of carbonyl (C=O) groups excluding carboxylic acids is 1. The molecule has 17 heavy (non-hydrogen) atoms. The normalized spacial score (nSPS) is 16.8. The van der Waals surface area contributed by atoms with E-state index in [0.717, 1.165) is 6.42 Å². The molecule has 0 heterocycles. The maximum atomic E-state index is 11.6. The molecule has 0 aromatic heterocycles. The first-order valence-electron chi connectivity index (χ1n) is 6.19. The van der Waals surface area contributed by atoms with Crippen LogP contribution in [0.5, 0.6) is 0 Å². The fourth-order valence-electron chi connectivity index (χ4n) is 2.04. The van der Waals surface area contributed by atoms with Crippen LogP contribution in [0, 0.1) is 34.5 Å². The Morgan fingerprint density at radius 2 is 2.00 bits per heavy atom. The van der Waals surface area contributed by atoms with Gasteiger partial charge in [0.2, 0.25) is 5.91 Å². The molecular weight excluding hydrogens is 216 g/mol. The number of nitrogens with one attached hydrogen (secondary N) is 1. The highest BCUT2D eigenvalue weighted by Crippen LogP contribution is 2.39. The summed E-state index contributed by atoms with van der Waals surface area (Å²) in [6.45, 7) is 10.1. The molecule has 0 saturated heterocycles. The Balaban J connectivity index is 5.07. The number of carbonyl (C=O) groups is 1. The zero-order valence-electron chi connectivity index (χ0n) is 11.4. The van der Waals surface area contributed by atoms with Crippen LogP contribution in [-0.2, 0) is 4.79 Å². The second kappa shape index (κ2) is 6.61. The smallest absolute Gasteiger partial charge is 0.247 e. The molecule has 0 fully saturated rings. The van der Waals surface area contributed by atoms with E-state index in [4.69, 9.17) is 5.21 Å². The van der Waals surface area contributed by atoms with Crippen molar-refractivity contribution in [2.75, 3.05) is 0 Å². The van der Waals surface area contributed by atoms with Gasteiger partial charge in [-0.15, -0.1) is 0 Å². The highest BCUT2D eigenvalue weighted by Gasteiger charge is 2.37. The van der Waals surface area contributed by atoms with Gasteiger partial charge in [0.1, 0.15) is 0 Å².